The van der Waals surface area contributed by atoms with E-state index in [0.717, 1.165) is 15.6 Å². The summed E-state index contributed by atoms with van der Waals surface area (Å²) in [4.78, 5) is 17.6. The summed E-state index contributed by atoms with van der Waals surface area (Å²) in [5.41, 5.74) is 2.89. The van der Waals surface area contributed by atoms with Gasteiger partial charge in [-0.05, 0) is 22.9 Å². The average molecular weight is 298 g/mol. The highest BCUT2D eigenvalue weighted by atomic mass is 32.1. The van der Waals surface area contributed by atoms with Gasteiger partial charge in [0.15, 0.2) is 0 Å². The molecule has 3 rings (SSSR count). The van der Waals surface area contributed by atoms with Gasteiger partial charge in [0, 0.05) is 10.3 Å². The predicted octanol–water partition coefficient (Wildman–Crippen LogP) is 2.51. The second-order valence-corrected chi connectivity index (χ2v) is 5.52. The first-order chi connectivity index (χ1) is 10.3. The van der Waals surface area contributed by atoms with Crippen molar-refractivity contribution in [3.63, 3.8) is 0 Å². The number of aromatic nitrogens is 1. The number of hydrogen-bond acceptors (Lipinski definition) is 5. The monoisotopic (exact) mass is 298 g/mol. The number of benzene rings is 1. The molecule has 4 N–H and O–H groups in total. The number of nitrogen functional groups attached to an aromatic ring is 1. The van der Waals surface area contributed by atoms with Gasteiger partial charge >= 0.3 is 0 Å². The molecule has 2 heterocycles. The number of nitrogens with zero attached hydrogens (tertiary/aromatic N) is 1. The topological polar surface area (TPSA) is 80.0 Å². The van der Waals surface area contributed by atoms with E-state index in [0.29, 0.717) is 18.1 Å². The Morgan fingerprint density at radius 3 is 2.86 bits per heavy atom. The second kappa shape index (κ2) is 5.90. The van der Waals surface area contributed by atoms with Crippen LogP contribution < -0.4 is 16.6 Å². The van der Waals surface area contributed by atoms with E-state index in [2.05, 4.69) is 15.7 Å². The molecule has 0 spiro atoms. The van der Waals surface area contributed by atoms with Crippen molar-refractivity contribution in [2.24, 2.45) is 5.84 Å². The van der Waals surface area contributed by atoms with Crippen LogP contribution in [-0.4, -0.2) is 10.9 Å². The Hall–Kier alpha value is -2.44. The number of thiophene rings is 1. The van der Waals surface area contributed by atoms with E-state index in [1.807, 2.05) is 41.8 Å². The zero-order valence-corrected chi connectivity index (χ0v) is 12.0. The Morgan fingerprint density at radius 1 is 1.24 bits per heavy atom. The summed E-state index contributed by atoms with van der Waals surface area (Å²) in [5.74, 6) is 5.77. The number of amides is 1. The fraction of sp³-hybridized carbons (Fsp3) is 0.0667. The largest absolute Gasteiger partial charge is 0.346 e. The molecule has 0 atom stereocenters. The SMILES string of the molecule is NNc1nc(C(=O)NCc2cccs2)cc2ccccc12. The second-order valence-electron chi connectivity index (χ2n) is 4.48. The maximum atomic E-state index is 12.2. The van der Waals surface area contributed by atoms with E-state index >= 15 is 0 Å². The normalized spacial score (nSPS) is 10.5. The van der Waals surface area contributed by atoms with Gasteiger partial charge in [-0.2, -0.15) is 0 Å². The lowest BCUT2D eigenvalue weighted by Crippen LogP contribution is -2.24. The van der Waals surface area contributed by atoms with Gasteiger partial charge in [-0.3, -0.25) is 4.79 Å². The van der Waals surface area contributed by atoms with Crippen LogP contribution in [-0.2, 0) is 6.54 Å². The minimum Gasteiger partial charge on any atom is -0.346 e. The van der Waals surface area contributed by atoms with Crippen LogP contribution in [0.2, 0.25) is 0 Å². The number of hydrogen-bond donors (Lipinski definition) is 3. The Balaban J connectivity index is 1.87. The number of hydrazine groups is 1. The molecule has 106 valence electrons. The van der Waals surface area contributed by atoms with Gasteiger partial charge in [-0.1, -0.05) is 30.3 Å². The van der Waals surface area contributed by atoms with Gasteiger partial charge in [-0.15, -0.1) is 11.3 Å². The quantitative estimate of drug-likeness (QED) is 0.511. The fourth-order valence-corrected chi connectivity index (χ4v) is 2.74. The van der Waals surface area contributed by atoms with E-state index in [9.17, 15) is 4.79 Å². The van der Waals surface area contributed by atoms with Crippen LogP contribution in [0.15, 0.2) is 47.8 Å². The smallest absolute Gasteiger partial charge is 0.270 e. The maximum Gasteiger partial charge on any atom is 0.270 e. The van der Waals surface area contributed by atoms with Crippen LogP contribution in [0.5, 0.6) is 0 Å². The van der Waals surface area contributed by atoms with Gasteiger partial charge in [0.25, 0.3) is 5.91 Å². The average Bonchev–Trinajstić information content (AvgIpc) is 3.04. The number of fused-ring (bicyclic) bond motifs is 1. The number of carbonyl (C=O) groups is 1. The molecular weight excluding hydrogens is 284 g/mol. The standard InChI is InChI=1S/C15H14N4OS/c16-19-14-12-6-2-1-4-10(12)8-13(18-14)15(20)17-9-11-5-3-7-21-11/h1-8H,9,16H2,(H,17,20)(H,18,19). The van der Waals surface area contributed by atoms with Crippen molar-refractivity contribution in [2.75, 3.05) is 5.43 Å². The Morgan fingerprint density at radius 2 is 2.10 bits per heavy atom. The maximum absolute atomic E-state index is 12.2. The molecule has 0 radical (unpaired) electrons. The lowest BCUT2D eigenvalue weighted by molar-refractivity contribution is 0.0946. The van der Waals surface area contributed by atoms with E-state index in [4.69, 9.17) is 5.84 Å². The minimum atomic E-state index is -0.217. The molecule has 0 aliphatic heterocycles. The number of carbonyl (C=O) groups excluding carboxylic acids is 1. The van der Waals surface area contributed by atoms with Crippen molar-refractivity contribution in [3.05, 3.63) is 58.4 Å². The number of anilines is 1. The third-order valence-electron chi connectivity index (χ3n) is 3.11. The number of nitrogens with two attached hydrogens (primary N) is 1. The van der Waals surface area contributed by atoms with Crippen LogP contribution in [0.4, 0.5) is 5.82 Å². The first-order valence-corrected chi connectivity index (χ1v) is 7.33. The molecule has 0 aliphatic carbocycles. The van der Waals surface area contributed by atoms with Crippen LogP contribution in [0.3, 0.4) is 0 Å². The van der Waals surface area contributed by atoms with Gasteiger partial charge < -0.3 is 10.7 Å². The minimum absolute atomic E-state index is 0.217. The molecule has 0 saturated heterocycles. The highest BCUT2D eigenvalue weighted by Crippen LogP contribution is 2.21. The molecule has 3 aromatic rings. The lowest BCUT2D eigenvalue weighted by Gasteiger charge is -2.09. The summed E-state index contributed by atoms with van der Waals surface area (Å²) in [6, 6.07) is 13.3. The van der Waals surface area contributed by atoms with Crippen molar-refractivity contribution in [1.82, 2.24) is 10.3 Å². The number of nitrogens with one attached hydrogen (secondary N) is 2. The van der Waals surface area contributed by atoms with Crippen LogP contribution >= 0.6 is 11.3 Å². The molecule has 0 fully saturated rings. The summed E-state index contributed by atoms with van der Waals surface area (Å²) in [6.07, 6.45) is 0. The summed E-state index contributed by atoms with van der Waals surface area (Å²) in [7, 11) is 0. The summed E-state index contributed by atoms with van der Waals surface area (Å²) in [5, 5.41) is 6.64. The molecular formula is C15H14N4OS. The molecule has 21 heavy (non-hydrogen) atoms. The summed E-state index contributed by atoms with van der Waals surface area (Å²) < 4.78 is 0. The van der Waals surface area contributed by atoms with Crippen molar-refractivity contribution < 1.29 is 4.79 Å². The third kappa shape index (κ3) is 2.86. The molecule has 6 heteroatoms. The van der Waals surface area contributed by atoms with Gasteiger partial charge in [0.1, 0.15) is 11.5 Å². The molecule has 2 aromatic heterocycles. The molecule has 0 bridgehead atoms. The third-order valence-corrected chi connectivity index (χ3v) is 3.99. The highest BCUT2D eigenvalue weighted by Gasteiger charge is 2.11. The van der Waals surface area contributed by atoms with Crippen molar-refractivity contribution in [1.29, 1.82) is 0 Å². The van der Waals surface area contributed by atoms with Crippen LogP contribution in [0.1, 0.15) is 15.4 Å². The fourth-order valence-electron chi connectivity index (χ4n) is 2.10. The van der Waals surface area contributed by atoms with Gasteiger partial charge in [-0.25, -0.2) is 10.8 Å². The van der Waals surface area contributed by atoms with Crippen molar-refractivity contribution in [2.45, 2.75) is 6.54 Å². The van der Waals surface area contributed by atoms with E-state index in [-0.39, 0.29) is 5.91 Å². The molecule has 5 nitrogen and oxygen atoms in total. The van der Waals surface area contributed by atoms with E-state index < -0.39 is 0 Å². The predicted molar refractivity (Wildman–Crippen MR) is 85.0 cm³/mol. The van der Waals surface area contributed by atoms with E-state index in [1.165, 1.54) is 0 Å². The molecule has 0 saturated carbocycles. The van der Waals surface area contributed by atoms with E-state index in [1.54, 1.807) is 17.4 Å². The van der Waals surface area contributed by atoms with Crippen molar-refractivity contribution >= 4 is 33.8 Å². The first kappa shape index (κ1) is 13.5. The van der Waals surface area contributed by atoms with Crippen LogP contribution in [0, 0.1) is 0 Å². The summed E-state index contributed by atoms with van der Waals surface area (Å²) in [6.45, 7) is 0.496. The molecule has 1 amide bonds. The van der Waals surface area contributed by atoms with Crippen LogP contribution in [0.25, 0.3) is 10.8 Å². The van der Waals surface area contributed by atoms with Crippen molar-refractivity contribution in [3.8, 4) is 0 Å². The Kier molecular flexibility index (Phi) is 3.81. The Bertz CT molecular complexity index is 770. The zero-order valence-electron chi connectivity index (χ0n) is 11.2. The highest BCUT2D eigenvalue weighted by molar-refractivity contribution is 7.09. The number of pyridine rings is 1. The zero-order chi connectivity index (χ0) is 14.7. The molecule has 1 aromatic carbocycles. The lowest BCUT2D eigenvalue weighted by atomic mass is 10.1. The summed E-state index contributed by atoms with van der Waals surface area (Å²) >= 11 is 1.60. The first-order valence-electron chi connectivity index (χ1n) is 6.45. The molecule has 0 unspecified atom stereocenters. The van der Waals surface area contributed by atoms with Gasteiger partial charge in [0.2, 0.25) is 0 Å². The van der Waals surface area contributed by atoms with Gasteiger partial charge in [0.05, 0.1) is 6.54 Å². The Labute approximate surface area is 125 Å². The number of rotatable bonds is 4. The molecule has 0 aliphatic rings.